The Hall–Kier alpha value is -4.19. The van der Waals surface area contributed by atoms with Gasteiger partial charge in [-0.1, -0.05) is 95.1 Å². The zero-order valence-corrected chi connectivity index (χ0v) is 21.4. The molecule has 3 aromatic carbocycles. The Labute approximate surface area is 217 Å². The van der Waals surface area contributed by atoms with Crippen molar-refractivity contribution in [3.8, 4) is 0 Å². The quantitative estimate of drug-likeness (QED) is 0.374. The summed E-state index contributed by atoms with van der Waals surface area (Å²) < 4.78 is 5.54. The Morgan fingerprint density at radius 1 is 0.946 bits per heavy atom. The number of nitrogens with zero attached hydrogens (tertiary/aromatic N) is 1. The molecule has 0 unspecified atom stereocenters. The van der Waals surface area contributed by atoms with Gasteiger partial charge in [-0.3, -0.25) is 0 Å². The zero-order valence-electron chi connectivity index (χ0n) is 21.4. The highest BCUT2D eigenvalue weighted by atomic mass is 16.7. The van der Waals surface area contributed by atoms with E-state index >= 15 is 0 Å². The van der Waals surface area contributed by atoms with E-state index < -0.39 is 29.3 Å². The maximum Gasteiger partial charge on any atom is 0.350 e. The maximum atomic E-state index is 14.2. The van der Waals surface area contributed by atoms with E-state index in [-0.39, 0.29) is 6.61 Å². The number of ether oxygens (including phenoxy) is 1. The number of hydrogen-bond acceptors (Lipinski definition) is 6. The Morgan fingerprint density at radius 3 is 2.24 bits per heavy atom. The van der Waals surface area contributed by atoms with Crippen LogP contribution in [0.25, 0.3) is 0 Å². The highest BCUT2D eigenvalue weighted by molar-refractivity contribution is 6.20. The van der Waals surface area contributed by atoms with Crippen LogP contribution in [0, 0.1) is 19.3 Å². The number of benzene rings is 3. The molecule has 0 saturated heterocycles. The molecular formula is C31H30N2O4. The van der Waals surface area contributed by atoms with Crippen molar-refractivity contribution in [1.82, 2.24) is 5.32 Å². The molecule has 37 heavy (non-hydrogen) atoms. The van der Waals surface area contributed by atoms with E-state index in [1.54, 1.807) is 6.92 Å². The van der Waals surface area contributed by atoms with Crippen molar-refractivity contribution >= 4 is 17.7 Å². The van der Waals surface area contributed by atoms with Crippen LogP contribution in [0.1, 0.15) is 53.6 Å². The summed E-state index contributed by atoms with van der Waals surface area (Å²) in [7, 11) is 0. The second kappa shape index (κ2) is 9.69. The largest absolute Gasteiger partial charge is 0.463 e. The fourth-order valence-corrected chi connectivity index (χ4v) is 5.71. The van der Waals surface area contributed by atoms with Gasteiger partial charge in [0.15, 0.2) is 5.41 Å². The molecule has 3 atom stereocenters. The summed E-state index contributed by atoms with van der Waals surface area (Å²) in [6.45, 7) is 7.87. The molecular weight excluding hydrogens is 464 g/mol. The molecule has 0 fully saturated rings. The molecule has 6 heteroatoms. The Balaban J connectivity index is 1.88. The van der Waals surface area contributed by atoms with Crippen molar-refractivity contribution in [2.45, 2.75) is 39.7 Å². The lowest BCUT2D eigenvalue weighted by atomic mass is 9.57. The van der Waals surface area contributed by atoms with Gasteiger partial charge in [0.2, 0.25) is 0 Å². The average Bonchev–Trinajstić information content (AvgIpc) is 3.22. The zero-order chi connectivity index (χ0) is 26.2. The third kappa shape index (κ3) is 4.02. The van der Waals surface area contributed by atoms with E-state index in [2.05, 4.69) is 16.5 Å². The van der Waals surface area contributed by atoms with Gasteiger partial charge < -0.3 is 14.9 Å². The second-order valence-corrected chi connectivity index (χ2v) is 9.65. The first-order chi connectivity index (χ1) is 17.9. The van der Waals surface area contributed by atoms with Gasteiger partial charge in [0.25, 0.3) is 0 Å². The molecule has 1 spiro atoms. The number of rotatable bonds is 5. The van der Waals surface area contributed by atoms with E-state index in [0.717, 1.165) is 27.8 Å². The first-order valence-corrected chi connectivity index (χ1v) is 12.5. The van der Waals surface area contributed by atoms with Crippen molar-refractivity contribution in [2.24, 2.45) is 10.6 Å². The number of carbonyl (C=O) groups excluding carboxylic acids is 2. The maximum absolute atomic E-state index is 14.2. The van der Waals surface area contributed by atoms with E-state index in [1.807, 2.05) is 93.6 Å². The van der Waals surface area contributed by atoms with Gasteiger partial charge in [0, 0.05) is 17.2 Å². The highest BCUT2D eigenvalue weighted by Gasteiger charge is 2.65. The molecule has 0 aliphatic carbocycles. The van der Waals surface area contributed by atoms with Gasteiger partial charge in [0.05, 0.1) is 18.2 Å². The first kappa shape index (κ1) is 24.5. The average molecular weight is 495 g/mol. The van der Waals surface area contributed by atoms with Crippen LogP contribution < -0.4 is 5.32 Å². The van der Waals surface area contributed by atoms with Gasteiger partial charge in [-0.05, 0) is 38.8 Å². The van der Waals surface area contributed by atoms with Crippen molar-refractivity contribution in [3.05, 3.63) is 118 Å². The lowest BCUT2D eigenvalue weighted by molar-refractivity contribution is -0.151. The first-order valence-electron chi connectivity index (χ1n) is 12.5. The normalized spacial score (nSPS) is 22.9. The van der Waals surface area contributed by atoms with Crippen LogP contribution in [0.15, 0.2) is 95.3 Å². The summed E-state index contributed by atoms with van der Waals surface area (Å²) in [5.74, 6) is -1.67. The third-order valence-corrected chi connectivity index (χ3v) is 7.21. The molecule has 5 rings (SSSR count). The molecule has 0 radical (unpaired) electrons. The van der Waals surface area contributed by atoms with Crippen LogP contribution in [0.4, 0.5) is 0 Å². The van der Waals surface area contributed by atoms with Crippen LogP contribution >= 0.6 is 0 Å². The predicted molar refractivity (Wildman–Crippen MR) is 142 cm³/mol. The number of carbonyl (C=O) groups is 2. The van der Waals surface area contributed by atoms with Crippen molar-refractivity contribution in [2.75, 3.05) is 6.61 Å². The monoisotopic (exact) mass is 494 g/mol. The number of esters is 1. The smallest absolute Gasteiger partial charge is 0.350 e. The fourth-order valence-electron chi connectivity index (χ4n) is 5.71. The minimum Gasteiger partial charge on any atom is -0.463 e. The minimum absolute atomic E-state index is 0.217. The summed E-state index contributed by atoms with van der Waals surface area (Å²) in [6.07, 6.45) is 0. The SMILES string of the molecule is CCOC(=O)C1=C(C)N[C@H](c2cccc(C)c2)[C@]2(C(=O)ON=C2c2ccccc2)[C@@H]1c1cccc(C)c1. The molecule has 6 nitrogen and oxygen atoms in total. The molecule has 188 valence electrons. The third-order valence-electron chi connectivity index (χ3n) is 7.21. The molecule has 0 bridgehead atoms. The van der Waals surface area contributed by atoms with E-state index in [9.17, 15) is 9.59 Å². The van der Waals surface area contributed by atoms with Crippen LogP contribution in [0.3, 0.4) is 0 Å². The summed E-state index contributed by atoms with van der Waals surface area (Å²) in [5.41, 5.74) is 4.74. The Morgan fingerprint density at radius 2 is 1.59 bits per heavy atom. The minimum atomic E-state index is -1.37. The lowest BCUT2D eigenvalue weighted by Crippen LogP contribution is -2.55. The van der Waals surface area contributed by atoms with Gasteiger partial charge in [-0.15, -0.1) is 0 Å². The summed E-state index contributed by atoms with van der Waals surface area (Å²) >= 11 is 0. The van der Waals surface area contributed by atoms with Gasteiger partial charge in [-0.25, -0.2) is 9.59 Å². The van der Waals surface area contributed by atoms with Gasteiger partial charge in [-0.2, -0.15) is 0 Å². The van der Waals surface area contributed by atoms with E-state index in [1.165, 1.54) is 0 Å². The number of hydrogen-bond donors (Lipinski definition) is 1. The van der Waals surface area contributed by atoms with Crippen LogP contribution in [-0.2, 0) is 19.2 Å². The number of nitrogens with one attached hydrogen (secondary N) is 1. The molecule has 1 N–H and O–H groups in total. The fraction of sp³-hybridized carbons (Fsp3) is 0.258. The molecule has 2 heterocycles. The molecule has 0 saturated carbocycles. The topological polar surface area (TPSA) is 77.0 Å². The number of aryl methyl sites for hydroxylation is 2. The van der Waals surface area contributed by atoms with Crippen molar-refractivity contribution in [1.29, 1.82) is 0 Å². The van der Waals surface area contributed by atoms with Crippen LogP contribution in [0.2, 0.25) is 0 Å². The van der Waals surface area contributed by atoms with E-state index in [4.69, 9.17) is 9.57 Å². The molecule has 2 aliphatic heterocycles. The Bertz CT molecular complexity index is 1430. The molecule has 2 aliphatic rings. The van der Waals surface area contributed by atoms with E-state index in [0.29, 0.717) is 17.0 Å². The highest BCUT2D eigenvalue weighted by Crippen LogP contribution is 2.57. The Kier molecular flexibility index (Phi) is 6.42. The van der Waals surface area contributed by atoms with Crippen molar-refractivity contribution in [3.63, 3.8) is 0 Å². The lowest BCUT2D eigenvalue weighted by Gasteiger charge is -2.47. The van der Waals surface area contributed by atoms with Crippen LogP contribution in [-0.4, -0.2) is 24.3 Å². The summed E-state index contributed by atoms with van der Waals surface area (Å²) in [4.78, 5) is 33.2. The van der Waals surface area contributed by atoms with Crippen LogP contribution in [0.5, 0.6) is 0 Å². The summed E-state index contributed by atoms with van der Waals surface area (Å²) in [6, 6.07) is 25.0. The van der Waals surface area contributed by atoms with Gasteiger partial charge in [0.1, 0.15) is 5.71 Å². The van der Waals surface area contributed by atoms with Crippen molar-refractivity contribution < 1.29 is 19.2 Å². The van der Waals surface area contributed by atoms with Gasteiger partial charge >= 0.3 is 11.9 Å². The molecule has 3 aromatic rings. The standard InChI is InChI=1S/C31H30N2O4/c1-5-36-29(34)25-21(4)32-27(24-16-10-12-20(3)18-24)31(26(25)23-15-9-11-19(2)17-23)28(33-37-30(31)35)22-13-7-6-8-14-22/h6-18,26-27,32H,5H2,1-4H3/t26-,27-,31-/m1/s1. The predicted octanol–water partition coefficient (Wildman–Crippen LogP) is 5.52. The molecule has 0 amide bonds. The number of allylic oxidation sites excluding steroid dienone is 1. The number of oxime groups is 1. The second-order valence-electron chi connectivity index (χ2n) is 9.65. The summed E-state index contributed by atoms with van der Waals surface area (Å²) in [5, 5.41) is 7.90. The molecule has 0 aromatic heterocycles.